The molecule has 0 aromatic heterocycles. The minimum absolute atomic E-state index is 0.0236. The van der Waals surface area contributed by atoms with E-state index in [-0.39, 0.29) is 18.1 Å². The molecule has 0 fully saturated rings. The fraction of sp³-hybridized carbons (Fsp3) is 0.480. The van der Waals surface area contributed by atoms with Gasteiger partial charge in [0.25, 0.3) is 0 Å². The SMILES string of the molecule is CCCNC(=O)N[C@@H](C)[C@@H]1c2cc(OC)c(OC)cc2CCN1Cc1ccccc1C. The van der Waals surface area contributed by atoms with Crippen molar-refractivity contribution in [1.82, 2.24) is 15.5 Å². The molecule has 0 saturated heterocycles. The van der Waals surface area contributed by atoms with Crippen molar-refractivity contribution >= 4 is 6.03 Å². The van der Waals surface area contributed by atoms with Crippen molar-refractivity contribution in [3.05, 3.63) is 58.7 Å². The summed E-state index contributed by atoms with van der Waals surface area (Å²) < 4.78 is 11.1. The van der Waals surface area contributed by atoms with Crippen molar-refractivity contribution in [2.75, 3.05) is 27.3 Å². The molecule has 0 unspecified atom stereocenters. The number of aryl methyl sites for hydroxylation is 1. The van der Waals surface area contributed by atoms with Gasteiger partial charge < -0.3 is 20.1 Å². The summed E-state index contributed by atoms with van der Waals surface area (Å²) in [6.07, 6.45) is 1.83. The average Bonchev–Trinajstić information content (AvgIpc) is 2.77. The molecule has 2 atom stereocenters. The predicted octanol–water partition coefficient (Wildman–Crippen LogP) is 4.21. The van der Waals surface area contributed by atoms with E-state index in [1.165, 1.54) is 22.3 Å². The molecule has 3 rings (SSSR count). The van der Waals surface area contributed by atoms with E-state index in [0.717, 1.165) is 31.7 Å². The molecule has 31 heavy (non-hydrogen) atoms. The molecule has 1 aliphatic heterocycles. The highest BCUT2D eigenvalue weighted by Gasteiger charge is 2.34. The fourth-order valence-corrected chi connectivity index (χ4v) is 4.37. The van der Waals surface area contributed by atoms with E-state index in [1.54, 1.807) is 14.2 Å². The van der Waals surface area contributed by atoms with Gasteiger partial charge in [0.2, 0.25) is 0 Å². The second-order valence-electron chi connectivity index (χ2n) is 8.19. The third-order valence-electron chi connectivity index (χ3n) is 6.03. The Morgan fingerprint density at radius 1 is 1.19 bits per heavy atom. The van der Waals surface area contributed by atoms with E-state index in [2.05, 4.69) is 65.8 Å². The molecular weight excluding hydrogens is 390 g/mol. The molecule has 0 spiro atoms. The molecule has 1 heterocycles. The van der Waals surface area contributed by atoms with E-state index in [0.29, 0.717) is 12.3 Å². The lowest BCUT2D eigenvalue weighted by Crippen LogP contribution is -2.50. The van der Waals surface area contributed by atoms with Crippen LogP contribution in [0.1, 0.15) is 48.6 Å². The first-order valence-corrected chi connectivity index (χ1v) is 11.1. The Morgan fingerprint density at radius 3 is 2.58 bits per heavy atom. The van der Waals surface area contributed by atoms with Crippen molar-refractivity contribution in [1.29, 1.82) is 0 Å². The molecule has 168 valence electrons. The number of hydrogen-bond acceptors (Lipinski definition) is 4. The molecule has 1 aliphatic rings. The summed E-state index contributed by atoms with van der Waals surface area (Å²) in [6, 6.07) is 12.5. The number of nitrogens with zero attached hydrogens (tertiary/aromatic N) is 1. The van der Waals surface area contributed by atoms with Gasteiger partial charge in [-0.1, -0.05) is 31.2 Å². The van der Waals surface area contributed by atoms with Gasteiger partial charge in [0.1, 0.15) is 0 Å². The van der Waals surface area contributed by atoms with Crippen LogP contribution in [0.25, 0.3) is 0 Å². The Hall–Kier alpha value is -2.73. The number of rotatable bonds is 8. The van der Waals surface area contributed by atoms with Crippen LogP contribution in [-0.2, 0) is 13.0 Å². The van der Waals surface area contributed by atoms with Gasteiger partial charge in [-0.25, -0.2) is 4.79 Å². The van der Waals surface area contributed by atoms with Crippen molar-refractivity contribution in [2.45, 2.75) is 52.2 Å². The molecule has 2 aromatic rings. The highest BCUT2D eigenvalue weighted by Crippen LogP contribution is 2.40. The second kappa shape index (κ2) is 10.5. The Balaban J connectivity index is 1.95. The minimum Gasteiger partial charge on any atom is -0.493 e. The lowest BCUT2D eigenvalue weighted by atomic mass is 9.87. The number of carbonyl (C=O) groups excluding carboxylic acids is 1. The Kier molecular flexibility index (Phi) is 7.80. The van der Waals surface area contributed by atoms with E-state index in [9.17, 15) is 4.79 Å². The predicted molar refractivity (Wildman–Crippen MR) is 124 cm³/mol. The quantitative estimate of drug-likeness (QED) is 0.665. The number of hydrogen-bond donors (Lipinski definition) is 2. The van der Waals surface area contributed by atoms with E-state index >= 15 is 0 Å². The number of urea groups is 1. The van der Waals surface area contributed by atoms with Crippen molar-refractivity contribution < 1.29 is 14.3 Å². The van der Waals surface area contributed by atoms with Crippen LogP contribution in [0.2, 0.25) is 0 Å². The van der Waals surface area contributed by atoms with Crippen LogP contribution in [0.5, 0.6) is 11.5 Å². The molecule has 0 bridgehead atoms. The number of benzene rings is 2. The molecule has 6 heteroatoms. The van der Waals surface area contributed by atoms with Crippen LogP contribution in [0, 0.1) is 6.92 Å². The van der Waals surface area contributed by atoms with Crippen LogP contribution < -0.4 is 20.1 Å². The van der Waals surface area contributed by atoms with E-state index < -0.39 is 0 Å². The van der Waals surface area contributed by atoms with Crippen LogP contribution in [0.15, 0.2) is 36.4 Å². The molecule has 6 nitrogen and oxygen atoms in total. The van der Waals surface area contributed by atoms with Gasteiger partial charge >= 0.3 is 6.03 Å². The van der Waals surface area contributed by atoms with Crippen LogP contribution in [0.4, 0.5) is 4.79 Å². The lowest BCUT2D eigenvalue weighted by Gasteiger charge is -2.41. The first-order valence-electron chi connectivity index (χ1n) is 11.1. The maximum Gasteiger partial charge on any atom is 0.315 e. The third kappa shape index (κ3) is 5.31. The Morgan fingerprint density at radius 2 is 1.90 bits per heavy atom. The molecule has 0 saturated carbocycles. The van der Waals surface area contributed by atoms with Gasteiger partial charge in [0, 0.05) is 25.7 Å². The fourth-order valence-electron chi connectivity index (χ4n) is 4.37. The summed E-state index contributed by atoms with van der Waals surface area (Å²) in [5.74, 6) is 1.46. The number of ether oxygens (including phenoxy) is 2. The largest absolute Gasteiger partial charge is 0.493 e. The number of methoxy groups -OCH3 is 2. The van der Waals surface area contributed by atoms with Crippen molar-refractivity contribution in [3.8, 4) is 11.5 Å². The van der Waals surface area contributed by atoms with E-state index in [4.69, 9.17) is 9.47 Å². The highest BCUT2D eigenvalue weighted by molar-refractivity contribution is 5.74. The van der Waals surface area contributed by atoms with E-state index in [1.807, 2.05) is 6.92 Å². The third-order valence-corrected chi connectivity index (χ3v) is 6.03. The first-order chi connectivity index (χ1) is 15.0. The summed E-state index contributed by atoms with van der Waals surface area (Å²) in [6.45, 7) is 8.67. The lowest BCUT2D eigenvalue weighted by molar-refractivity contribution is 0.143. The molecular formula is C25H35N3O3. The molecule has 2 N–H and O–H groups in total. The monoisotopic (exact) mass is 425 g/mol. The van der Waals surface area contributed by atoms with Crippen LogP contribution >= 0.6 is 0 Å². The highest BCUT2D eigenvalue weighted by atomic mass is 16.5. The maximum absolute atomic E-state index is 12.4. The van der Waals surface area contributed by atoms with Crippen molar-refractivity contribution in [2.24, 2.45) is 0 Å². The van der Waals surface area contributed by atoms with Gasteiger partial charge in [-0.2, -0.15) is 0 Å². The van der Waals surface area contributed by atoms with Gasteiger partial charge in [0.15, 0.2) is 11.5 Å². The van der Waals surface area contributed by atoms with Gasteiger partial charge in [-0.15, -0.1) is 0 Å². The molecule has 2 amide bonds. The van der Waals surface area contributed by atoms with Crippen molar-refractivity contribution in [3.63, 3.8) is 0 Å². The van der Waals surface area contributed by atoms with Gasteiger partial charge in [-0.3, -0.25) is 4.90 Å². The number of fused-ring (bicyclic) bond motifs is 1. The normalized spacial score (nSPS) is 16.9. The summed E-state index contributed by atoms with van der Waals surface area (Å²) in [5, 5.41) is 6.09. The summed E-state index contributed by atoms with van der Waals surface area (Å²) in [7, 11) is 3.32. The number of carbonyl (C=O) groups is 1. The zero-order valence-electron chi connectivity index (χ0n) is 19.3. The van der Waals surface area contributed by atoms with Gasteiger partial charge in [-0.05, 0) is 61.1 Å². The molecule has 0 radical (unpaired) electrons. The summed E-state index contributed by atoms with van der Waals surface area (Å²) in [5.41, 5.74) is 5.01. The first kappa shape index (κ1) is 22.9. The van der Waals surface area contributed by atoms with Crippen LogP contribution in [-0.4, -0.2) is 44.3 Å². The van der Waals surface area contributed by atoms with Crippen LogP contribution in [0.3, 0.4) is 0 Å². The smallest absolute Gasteiger partial charge is 0.315 e. The summed E-state index contributed by atoms with van der Waals surface area (Å²) >= 11 is 0. The number of amides is 2. The van der Waals surface area contributed by atoms with Gasteiger partial charge in [0.05, 0.1) is 20.3 Å². The Labute approximate surface area is 185 Å². The topological polar surface area (TPSA) is 62.8 Å². The average molecular weight is 426 g/mol. The number of nitrogens with one attached hydrogen (secondary N) is 2. The minimum atomic E-state index is -0.127. The maximum atomic E-state index is 12.4. The zero-order chi connectivity index (χ0) is 22.4. The Bertz CT molecular complexity index is 900. The standard InChI is InChI=1S/C25H35N3O3/c1-6-12-26-25(29)27-18(3)24-21-15-23(31-5)22(30-4)14-19(21)11-13-28(24)16-20-10-8-7-9-17(20)2/h7-10,14-15,18,24H,6,11-13,16H2,1-5H3,(H2,26,27,29)/t18-,24+/m0/s1. The summed E-state index contributed by atoms with van der Waals surface area (Å²) in [4.78, 5) is 14.9. The molecule has 2 aromatic carbocycles. The molecule has 0 aliphatic carbocycles. The second-order valence-corrected chi connectivity index (χ2v) is 8.19. The zero-order valence-corrected chi connectivity index (χ0v) is 19.3.